The van der Waals surface area contributed by atoms with E-state index in [0.29, 0.717) is 0 Å². The fraction of sp³-hybridized carbons (Fsp3) is 0.267. The van der Waals surface area contributed by atoms with Crippen molar-refractivity contribution in [1.82, 2.24) is 4.98 Å². The van der Waals surface area contributed by atoms with Crippen molar-refractivity contribution < 1.29 is 0 Å². The number of pyridine rings is 1. The van der Waals surface area contributed by atoms with E-state index in [2.05, 4.69) is 15.2 Å². The van der Waals surface area contributed by atoms with Gasteiger partial charge in [-0.1, -0.05) is 11.6 Å². The molecule has 0 bridgehead atoms. The third-order valence-electron chi connectivity index (χ3n) is 3.71. The average molecular weight is 334 g/mol. The fourth-order valence-electron chi connectivity index (χ4n) is 2.80. The van der Waals surface area contributed by atoms with Crippen LogP contribution in [0.4, 0.5) is 0 Å². The lowest BCUT2D eigenvalue weighted by atomic mass is 9.83. The number of rotatable bonds is 2. The molecule has 1 atom stereocenters. The largest absolute Gasteiger partial charge is 0.369 e. The number of halogens is 1. The van der Waals surface area contributed by atoms with Gasteiger partial charge in [0.15, 0.2) is 0 Å². The highest BCUT2D eigenvalue weighted by molar-refractivity contribution is 7.10. The van der Waals surface area contributed by atoms with Crippen LogP contribution in [0.3, 0.4) is 0 Å². The number of aromatic nitrogens is 1. The minimum atomic E-state index is -0.0492. The molecule has 5 nitrogen and oxygen atoms in total. The van der Waals surface area contributed by atoms with Gasteiger partial charge in [0.2, 0.25) is 5.96 Å². The lowest BCUT2D eigenvalue weighted by molar-refractivity contribution is 0.689. The van der Waals surface area contributed by atoms with Crippen molar-refractivity contribution in [2.75, 3.05) is 0 Å². The number of nitrogens with two attached hydrogens (primary N) is 2. The lowest BCUT2D eigenvalue weighted by Gasteiger charge is -2.25. The second kappa shape index (κ2) is 6.06. The molecule has 0 fully saturated rings. The summed E-state index contributed by atoms with van der Waals surface area (Å²) in [7, 11) is 0. The molecule has 0 saturated carbocycles. The Labute approximate surface area is 137 Å². The maximum Gasteiger partial charge on any atom is 0.211 e. The summed E-state index contributed by atoms with van der Waals surface area (Å²) < 4.78 is 0. The molecule has 0 radical (unpaired) electrons. The van der Waals surface area contributed by atoms with Gasteiger partial charge in [0.05, 0.1) is 16.4 Å². The minimum Gasteiger partial charge on any atom is -0.369 e. The van der Waals surface area contributed by atoms with E-state index in [1.54, 1.807) is 11.3 Å². The van der Waals surface area contributed by atoms with Crippen molar-refractivity contribution in [2.24, 2.45) is 21.7 Å². The second-order valence-electron chi connectivity index (χ2n) is 5.26. The Morgan fingerprint density at radius 3 is 2.86 bits per heavy atom. The van der Waals surface area contributed by atoms with E-state index >= 15 is 0 Å². The van der Waals surface area contributed by atoms with Gasteiger partial charge in [0.1, 0.15) is 0 Å². The van der Waals surface area contributed by atoms with Gasteiger partial charge in [-0.25, -0.2) is 0 Å². The molecule has 1 aliphatic carbocycles. The summed E-state index contributed by atoms with van der Waals surface area (Å²) in [4.78, 5) is 5.68. The van der Waals surface area contributed by atoms with Crippen molar-refractivity contribution in [1.29, 1.82) is 0 Å². The van der Waals surface area contributed by atoms with E-state index in [1.807, 2.05) is 30.6 Å². The molecule has 3 rings (SSSR count). The number of thiophene rings is 1. The summed E-state index contributed by atoms with van der Waals surface area (Å²) in [6, 6.07) is 3.90. The zero-order chi connectivity index (χ0) is 15.7. The monoisotopic (exact) mass is 333 g/mol. The fourth-order valence-corrected chi connectivity index (χ4v) is 4.11. The first-order valence-corrected chi connectivity index (χ1v) is 8.15. The van der Waals surface area contributed by atoms with Crippen LogP contribution in [0.25, 0.3) is 0 Å². The van der Waals surface area contributed by atoms with Gasteiger partial charge in [0, 0.05) is 29.0 Å². The number of guanidine groups is 1. The van der Waals surface area contributed by atoms with Gasteiger partial charge in [-0.3, -0.25) is 4.98 Å². The number of hydrogen-bond donors (Lipinski definition) is 2. The maximum atomic E-state index is 6.29. The average Bonchev–Trinajstić information content (AvgIpc) is 2.90. The van der Waals surface area contributed by atoms with E-state index in [1.165, 1.54) is 0 Å². The lowest BCUT2D eigenvalue weighted by Crippen LogP contribution is -2.24. The molecular formula is C15H16ClN5S. The summed E-state index contributed by atoms with van der Waals surface area (Å²) in [5.74, 6) is 0.203. The predicted octanol–water partition coefficient (Wildman–Crippen LogP) is 2.81. The van der Waals surface area contributed by atoms with Crippen molar-refractivity contribution in [2.45, 2.75) is 25.7 Å². The quantitative estimate of drug-likeness (QED) is 0.503. The first-order chi connectivity index (χ1) is 10.6. The zero-order valence-corrected chi connectivity index (χ0v) is 13.7. The Balaban J connectivity index is 2.08. The molecule has 2 heterocycles. The highest BCUT2D eigenvalue weighted by Gasteiger charge is 2.29. The van der Waals surface area contributed by atoms with Crippen molar-refractivity contribution in [3.8, 4) is 0 Å². The third kappa shape index (κ3) is 2.84. The topological polar surface area (TPSA) is 89.6 Å². The molecular weight excluding hydrogens is 318 g/mol. The molecule has 1 unspecified atom stereocenters. The zero-order valence-electron chi connectivity index (χ0n) is 12.1. The molecule has 114 valence electrons. The maximum absolute atomic E-state index is 6.29. The first kappa shape index (κ1) is 15.0. The van der Waals surface area contributed by atoms with Gasteiger partial charge in [-0.05, 0) is 36.4 Å². The molecule has 2 aromatic rings. The van der Waals surface area contributed by atoms with Gasteiger partial charge in [-0.2, -0.15) is 5.10 Å². The SMILES string of the molecule is Cc1ccnc2c1C(=NN=C(N)N)CC(c1sccc1Cl)C2. The van der Waals surface area contributed by atoms with E-state index in [0.717, 1.165) is 45.3 Å². The van der Waals surface area contributed by atoms with Crippen LogP contribution in [0.2, 0.25) is 5.02 Å². The van der Waals surface area contributed by atoms with Crippen molar-refractivity contribution in [3.63, 3.8) is 0 Å². The van der Waals surface area contributed by atoms with Crippen molar-refractivity contribution in [3.05, 3.63) is 50.4 Å². The number of fused-ring (bicyclic) bond motifs is 1. The summed E-state index contributed by atoms with van der Waals surface area (Å²) in [6.45, 7) is 2.05. The van der Waals surface area contributed by atoms with Crippen LogP contribution in [0, 0.1) is 6.92 Å². The number of nitrogens with zero attached hydrogens (tertiary/aromatic N) is 3. The third-order valence-corrected chi connectivity index (χ3v) is 5.23. The Morgan fingerprint density at radius 2 is 2.18 bits per heavy atom. The van der Waals surface area contributed by atoms with E-state index in [-0.39, 0.29) is 11.9 Å². The summed E-state index contributed by atoms with van der Waals surface area (Å²) in [6.07, 6.45) is 3.42. The molecule has 0 amide bonds. The molecule has 7 heteroatoms. The van der Waals surface area contributed by atoms with Crippen LogP contribution in [-0.4, -0.2) is 16.7 Å². The van der Waals surface area contributed by atoms with Crippen LogP contribution >= 0.6 is 22.9 Å². The van der Waals surface area contributed by atoms with E-state index in [4.69, 9.17) is 23.1 Å². The standard InChI is InChI=1S/C15H16ClN5S/c1-8-2-4-19-11-6-9(14-10(16)3-5-22-14)7-12(13(8)11)20-21-15(17)18/h2-5,9H,6-7H2,1H3,(H4,17,18,21). The van der Waals surface area contributed by atoms with Crippen LogP contribution in [0.5, 0.6) is 0 Å². The van der Waals surface area contributed by atoms with Crippen LogP contribution in [0.1, 0.15) is 34.0 Å². The Bertz CT molecular complexity index is 761. The van der Waals surface area contributed by atoms with Gasteiger partial charge in [-0.15, -0.1) is 16.4 Å². The Morgan fingerprint density at radius 1 is 1.36 bits per heavy atom. The Kier molecular flexibility index (Phi) is 4.13. The first-order valence-electron chi connectivity index (χ1n) is 6.89. The molecule has 1 aliphatic rings. The summed E-state index contributed by atoms with van der Waals surface area (Å²) in [5.41, 5.74) is 14.9. The highest BCUT2D eigenvalue weighted by atomic mass is 35.5. The highest BCUT2D eigenvalue weighted by Crippen LogP contribution is 2.39. The van der Waals surface area contributed by atoms with Crippen LogP contribution in [0.15, 0.2) is 33.9 Å². The molecule has 0 spiro atoms. The molecule has 0 aromatic carbocycles. The normalized spacial score (nSPS) is 19.0. The van der Waals surface area contributed by atoms with Crippen LogP contribution in [-0.2, 0) is 6.42 Å². The second-order valence-corrected chi connectivity index (χ2v) is 6.61. The molecule has 0 aliphatic heterocycles. The minimum absolute atomic E-state index is 0.0492. The molecule has 22 heavy (non-hydrogen) atoms. The van der Waals surface area contributed by atoms with Crippen molar-refractivity contribution >= 4 is 34.6 Å². The van der Waals surface area contributed by atoms with Gasteiger partial charge in [0.25, 0.3) is 0 Å². The molecule has 2 aromatic heterocycles. The molecule has 4 N–H and O–H groups in total. The Hall–Kier alpha value is -1.92. The van der Waals surface area contributed by atoms with Crippen LogP contribution < -0.4 is 11.5 Å². The smallest absolute Gasteiger partial charge is 0.211 e. The number of hydrogen-bond acceptors (Lipinski definition) is 4. The molecule has 0 saturated heterocycles. The summed E-state index contributed by atoms with van der Waals surface area (Å²) >= 11 is 7.95. The predicted molar refractivity (Wildman–Crippen MR) is 91.7 cm³/mol. The van der Waals surface area contributed by atoms with E-state index < -0.39 is 0 Å². The number of aryl methyl sites for hydroxylation is 1. The van der Waals surface area contributed by atoms with Gasteiger partial charge >= 0.3 is 0 Å². The summed E-state index contributed by atoms with van der Waals surface area (Å²) in [5, 5.41) is 10.9. The van der Waals surface area contributed by atoms with E-state index in [9.17, 15) is 0 Å². The van der Waals surface area contributed by atoms with Gasteiger partial charge < -0.3 is 11.5 Å².